The first-order valence-electron chi connectivity index (χ1n) is 7.49. The van der Waals surface area contributed by atoms with Gasteiger partial charge in [-0.15, -0.1) is 0 Å². The molecule has 0 fully saturated rings. The molecule has 1 aromatic rings. The summed E-state index contributed by atoms with van der Waals surface area (Å²) in [7, 11) is 0. The summed E-state index contributed by atoms with van der Waals surface area (Å²) >= 11 is 0. The van der Waals surface area contributed by atoms with Gasteiger partial charge in [0.1, 0.15) is 12.1 Å². The number of benzene rings is 1. The van der Waals surface area contributed by atoms with Crippen LogP contribution in [-0.2, 0) is 14.3 Å². The lowest BCUT2D eigenvalue weighted by Crippen LogP contribution is -2.50. The zero-order valence-electron chi connectivity index (χ0n) is 14.0. The van der Waals surface area contributed by atoms with E-state index in [0.717, 1.165) is 0 Å². The van der Waals surface area contributed by atoms with Crippen LogP contribution in [0.1, 0.15) is 31.1 Å². The van der Waals surface area contributed by atoms with Crippen molar-refractivity contribution < 1.29 is 19.1 Å². The van der Waals surface area contributed by atoms with Crippen molar-refractivity contribution >= 4 is 17.8 Å². The fourth-order valence-electron chi connectivity index (χ4n) is 1.67. The molecular formula is C17H21N3O4. The SMILES string of the molecule is CC(C)[C@](C)(C#N)NC(=O)COC(=O)CNC(=O)c1ccccc1. The summed E-state index contributed by atoms with van der Waals surface area (Å²) in [6.07, 6.45) is 0. The van der Waals surface area contributed by atoms with E-state index >= 15 is 0 Å². The number of nitrogens with one attached hydrogen (secondary N) is 2. The van der Waals surface area contributed by atoms with Crippen molar-refractivity contribution in [2.75, 3.05) is 13.2 Å². The first-order chi connectivity index (χ1) is 11.3. The molecule has 1 rings (SSSR count). The third-order valence-corrected chi connectivity index (χ3v) is 3.58. The van der Waals surface area contributed by atoms with E-state index in [-0.39, 0.29) is 12.5 Å². The van der Waals surface area contributed by atoms with Gasteiger partial charge in [-0.2, -0.15) is 5.26 Å². The monoisotopic (exact) mass is 331 g/mol. The Morgan fingerprint density at radius 2 is 1.88 bits per heavy atom. The van der Waals surface area contributed by atoms with E-state index in [1.807, 2.05) is 6.07 Å². The minimum atomic E-state index is -1.04. The molecule has 0 saturated carbocycles. The third kappa shape index (κ3) is 5.72. The van der Waals surface area contributed by atoms with Crippen LogP contribution in [0.25, 0.3) is 0 Å². The highest BCUT2D eigenvalue weighted by Crippen LogP contribution is 2.14. The van der Waals surface area contributed by atoms with Crippen molar-refractivity contribution in [2.45, 2.75) is 26.3 Å². The Kier molecular flexibility index (Phi) is 6.93. The summed E-state index contributed by atoms with van der Waals surface area (Å²) in [6.45, 7) is 4.34. The number of nitrogens with zero attached hydrogens (tertiary/aromatic N) is 1. The molecule has 0 saturated heterocycles. The average Bonchev–Trinajstić information content (AvgIpc) is 2.58. The fourth-order valence-corrected chi connectivity index (χ4v) is 1.67. The number of hydrogen-bond donors (Lipinski definition) is 2. The van der Waals surface area contributed by atoms with E-state index < -0.39 is 29.9 Å². The van der Waals surface area contributed by atoms with Gasteiger partial charge in [-0.25, -0.2) is 0 Å². The maximum Gasteiger partial charge on any atom is 0.325 e. The number of carbonyl (C=O) groups excluding carboxylic acids is 3. The number of hydrogen-bond acceptors (Lipinski definition) is 5. The second-order valence-electron chi connectivity index (χ2n) is 5.73. The van der Waals surface area contributed by atoms with E-state index in [1.54, 1.807) is 51.1 Å². The van der Waals surface area contributed by atoms with Crippen LogP contribution in [0.15, 0.2) is 30.3 Å². The molecule has 0 radical (unpaired) electrons. The molecule has 0 bridgehead atoms. The third-order valence-electron chi connectivity index (χ3n) is 3.58. The van der Waals surface area contributed by atoms with Gasteiger partial charge in [-0.3, -0.25) is 14.4 Å². The Morgan fingerprint density at radius 1 is 1.25 bits per heavy atom. The Hall–Kier alpha value is -2.88. The molecule has 128 valence electrons. The van der Waals surface area contributed by atoms with E-state index in [1.165, 1.54) is 0 Å². The zero-order chi connectivity index (χ0) is 18.2. The predicted octanol–water partition coefficient (Wildman–Crippen LogP) is 1.01. The number of rotatable bonds is 7. The van der Waals surface area contributed by atoms with Crippen LogP contribution in [0.2, 0.25) is 0 Å². The number of amides is 2. The molecule has 0 unspecified atom stereocenters. The number of nitriles is 1. The summed E-state index contributed by atoms with van der Waals surface area (Å²) in [5.41, 5.74) is -0.616. The van der Waals surface area contributed by atoms with Crippen LogP contribution in [0.4, 0.5) is 0 Å². The normalized spacial score (nSPS) is 12.6. The Morgan fingerprint density at radius 3 is 2.42 bits per heavy atom. The van der Waals surface area contributed by atoms with E-state index in [4.69, 9.17) is 10.00 Å². The molecule has 7 nitrogen and oxygen atoms in total. The lowest BCUT2D eigenvalue weighted by Gasteiger charge is -2.27. The van der Waals surface area contributed by atoms with E-state index in [2.05, 4.69) is 10.6 Å². The molecule has 0 aliphatic rings. The summed E-state index contributed by atoms with van der Waals surface area (Å²) in [5.74, 6) is -1.82. The maximum atomic E-state index is 11.8. The van der Waals surface area contributed by atoms with Crippen molar-refractivity contribution in [1.82, 2.24) is 10.6 Å². The Balaban J connectivity index is 2.37. The second kappa shape index (κ2) is 8.67. The van der Waals surface area contributed by atoms with Gasteiger partial charge in [0.05, 0.1) is 6.07 Å². The van der Waals surface area contributed by atoms with Gasteiger partial charge in [0.25, 0.3) is 11.8 Å². The summed E-state index contributed by atoms with van der Waals surface area (Å²) in [4.78, 5) is 35.1. The highest BCUT2D eigenvalue weighted by atomic mass is 16.5. The molecule has 0 aromatic heterocycles. The molecule has 0 aliphatic carbocycles. The Bertz CT molecular complexity index is 637. The van der Waals surface area contributed by atoms with E-state index in [9.17, 15) is 14.4 Å². The van der Waals surface area contributed by atoms with Gasteiger partial charge in [-0.05, 0) is 25.0 Å². The maximum absolute atomic E-state index is 11.8. The molecule has 24 heavy (non-hydrogen) atoms. The largest absolute Gasteiger partial charge is 0.454 e. The van der Waals surface area contributed by atoms with Crippen molar-refractivity contribution in [2.24, 2.45) is 5.92 Å². The quantitative estimate of drug-likeness (QED) is 0.725. The number of carbonyl (C=O) groups is 3. The standard InChI is InChI=1S/C17H21N3O4/c1-12(2)17(3,11-18)20-14(21)10-24-15(22)9-19-16(23)13-7-5-4-6-8-13/h4-8,12H,9-10H2,1-3H3,(H,19,23)(H,20,21)/t17-/m0/s1. The Labute approximate surface area is 141 Å². The van der Waals surface area contributed by atoms with Crippen LogP contribution in [0, 0.1) is 17.2 Å². The molecule has 2 N–H and O–H groups in total. The van der Waals surface area contributed by atoms with Crippen LogP contribution >= 0.6 is 0 Å². The predicted molar refractivity (Wildman–Crippen MR) is 86.7 cm³/mol. The van der Waals surface area contributed by atoms with Gasteiger partial charge < -0.3 is 15.4 Å². The second-order valence-corrected chi connectivity index (χ2v) is 5.73. The van der Waals surface area contributed by atoms with Crippen molar-refractivity contribution in [1.29, 1.82) is 5.26 Å². The lowest BCUT2D eigenvalue weighted by atomic mass is 9.90. The first kappa shape index (κ1) is 19.2. The smallest absolute Gasteiger partial charge is 0.325 e. The molecule has 2 amide bonds. The van der Waals surface area contributed by atoms with Gasteiger partial charge in [-0.1, -0.05) is 32.0 Å². The van der Waals surface area contributed by atoms with Crippen molar-refractivity contribution in [3.8, 4) is 6.07 Å². The van der Waals surface area contributed by atoms with Gasteiger partial charge >= 0.3 is 5.97 Å². The molecule has 1 atom stereocenters. The van der Waals surface area contributed by atoms with Crippen molar-refractivity contribution in [3.05, 3.63) is 35.9 Å². The van der Waals surface area contributed by atoms with Gasteiger partial charge in [0, 0.05) is 5.56 Å². The molecule has 0 aliphatic heterocycles. The van der Waals surface area contributed by atoms with Crippen LogP contribution in [-0.4, -0.2) is 36.5 Å². The van der Waals surface area contributed by atoms with Crippen molar-refractivity contribution in [3.63, 3.8) is 0 Å². The van der Waals surface area contributed by atoms with E-state index in [0.29, 0.717) is 5.56 Å². The van der Waals surface area contributed by atoms with Gasteiger partial charge in [0.2, 0.25) is 0 Å². The zero-order valence-corrected chi connectivity index (χ0v) is 14.0. The van der Waals surface area contributed by atoms with Crippen LogP contribution < -0.4 is 10.6 Å². The highest BCUT2D eigenvalue weighted by molar-refractivity contribution is 5.96. The van der Waals surface area contributed by atoms with Crippen LogP contribution in [0.3, 0.4) is 0 Å². The molecule has 0 heterocycles. The lowest BCUT2D eigenvalue weighted by molar-refractivity contribution is -0.147. The molecule has 1 aromatic carbocycles. The minimum absolute atomic E-state index is 0.104. The van der Waals surface area contributed by atoms with Crippen LogP contribution in [0.5, 0.6) is 0 Å². The average molecular weight is 331 g/mol. The molecule has 0 spiro atoms. The fraction of sp³-hybridized carbons (Fsp3) is 0.412. The topological polar surface area (TPSA) is 108 Å². The number of esters is 1. The highest BCUT2D eigenvalue weighted by Gasteiger charge is 2.30. The molecule has 7 heteroatoms. The van der Waals surface area contributed by atoms with Gasteiger partial charge in [0.15, 0.2) is 6.61 Å². The summed E-state index contributed by atoms with van der Waals surface area (Å²) < 4.78 is 4.79. The minimum Gasteiger partial charge on any atom is -0.454 e. The summed E-state index contributed by atoms with van der Waals surface area (Å²) in [6, 6.07) is 10.4. The molecular weight excluding hydrogens is 310 g/mol. The first-order valence-corrected chi connectivity index (χ1v) is 7.49. The summed E-state index contributed by atoms with van der Waals surface area (Å²) in [5, 5.41) is 14.0. The number of ether oxygens (including phenoxy) is 1.